The van der Waals surface area contributed by atoms with Crippen LogP contribution in [0.3, 0.4) is 0 Å². The topological polar surface area (TPSA) is 35.9 Å². The van der Waals surface area contributed by atoms with Crippen molar-refractivity contribution in [3.8, 4) is 0 Å². The van der Waals surface area contributed by atoms with E-state index in [9.17, 15) is 9.18 Å². The Balaban J connectivity index is 2.17. The molecular formula is C18H24FN3O. The lowest BCUT2D eigenvalue weighted by molar-refractivity contribution is 0.169. The molecule has 0 bridgehead atoms. The minimum atomic E-state index is -0.262. The van der Waals surface area contributed by atoms with Crippen molar-refractivity contribution in [1.82, 2.24) is 9.80 Å². The lowest BCUT2D eigenvalue weighted by Gasteiger charge is -2.28. The van der Waals surface area contributed by atoms with Crippen LogP contribution in [0.4, 0.5) is 9.18 Å². The van der Waals surface area contributed by atoms with Crippen LogP contribution in [0, 0.1) is 12.7 Å². The molecule has 0 radical (unpaired) electrons. The summed E-state index contributed by atoms with van der Waals surface area (Å²) in [6.07, 6.45) is 6.12. The van der Waals surface area contributed by atoms with E-state index in [1.54, 1.807) is 37.2 Å². The fraction of sp³-hybridized carbons (Fsp3) is 0.444. The summed E-state index contributed by atoms with van der Waals surface area (Å²) in [5.74, 6) is -0.262. The van der Waals surface area contributed by atoms with Gasteiger partial charge in [0.2, 0.25) is 0 Å². The summed E-state index contributed by atoms with van der Waals surface area (Å²) in [5, 5.41) is 0. The first-order valence-corrected chi connectivity index (χ1v) is 7.88. The molecule has 5 heteroatoms. The Hall–Kier alpha value is -2.17. The Bertz CT molecular complexity index is 621. The smallest absolute Gasteiger partial charge is 0.323 e. The highest BCUT2D eigenvalue weighted by Gasteiger charge is 2.25. The average molecular weight is 317 g/mol. The molecule has 2 amide bonds. The predicted molar refractivity (Wildman–Crippen MR) is 91.8 cm³/mol. The monoisotopic (exact) mass is 317 g/mol. The molecule has 1 saturated carbocycles. The second-order valence-corrected chi connectivity index (χ2v) is 6.08. The van der Waals surface area contributed by atoms with Gasteiger partial charge in [0.25, 0.3) is 0 Å². The van der Waals surface area contributed by atoms with Crippen molar-refractivity contribution in [2.45, 2.75) is 38.6 Å². The molecule has 0 spiro atoms. The lowest BCUT2D eigenvalue weighted by atomic mass is 10.1. The van der Waals surface area contributed by atoms with Crippen molar-refractivity contribution in [3.05, 3.63) is 41.3 Å². The molecular weight excluding hydrogens is 293 g/mol. The summed E-state index contributed by atoms with van der Waals surface area (Å²) in [6.45, 7) is 5.26. The summed E-state index contributed by atoms with van der Waals surface area (Å²) in [7, 11) is 3.54. The van der Waals surface area contributed by atoms with Crippen molar-refractivity contribution >= 4 is 18.4 Å². The Kier molecular flexibility index (Phi) is 5.53. The molecule has 0 saturated heterocycles. The fourth-order valence-corrected chi connectivity index (χ4v) is 2.95. The molecule has 1 fully saturated rings. The van der Waals surface area contributed by atoms with Gasteiger partial charge < -0.3 is 9.80 Å². The molecule has 0 unspecified atom stereocenters. The van der Waals surface area contributed by atoms with Gasteiger partial charge in [0.05, 0.1) is 5.70 Å². The van der Waals surface area contributed by atoms with Gasteiger partial charge in [-0.1, -0.05) is 12.8 Å². The maximum Gasteiger partial charge on any atom is 0.323 e. The molecule has 0 aromatic heterocycles. The largest absolute Gasteiger partial charge is 0.324 e. The minimum Gasteiger partial charge on any atom is -0.324 e. The van der Waals surface area contributed by atoms with Crippen LogP contribution in [-0.2, 0) is 0 Å². The Morgan fingerprint density at radius 1 is 1.35 bits per heavy atom. The molecule has 2 rings (SSSR count). The SMILES string of the molecule is C=NC(=CN(C)C(=O)N(C)C1CCCC1)c1ccc(F)c(C)c1. The van der Waals surface area contributed by atoms with Crippen LogP contribution in [0.15, 0.2) is 29.4 Å². The second-order valence-electron chi connectivity index (χ2n) is 6.08. The molecule has 124 valence electrons. The third-order valence-electron chi connectivity index (χ3n) is 4.42. The van der Waals surface area contributed by atoms with Crippen molar-refractivity contribution in [1.29, 1.82) is 0 Å². The van der Waals surface area contributed by atoms with E-state index in [1.807, 2.05) is 7.05 Å². The third kappa shape index (κ3) is 3.97. The summed E-state index contributed by atoms with van der Waals surface area (Å²) in [5.41, 5.74) is 1.82. The van der Waals surface area contributed by atoms with Crippen molar-refractivity contribution in [2.24, 2.45) is 4.99 Å². The highest BCUT2D eigenvalue weighted by Crippen LogP contribution is 2.24. The molecule has 1 aliphatic carbocycles. The Labute approximate surface area is 137 Å². The highest BCUT2D eigenvalue weighted by atomic mass is 19.1. The Morgan fingerprint density at radius 3 is 2.57 bits per heavy atom. The van der Waals surface area contributed by atoms with Crippen molar-refractivity contribution in [2.75, 3.05) is 14.1 Å². The van der Waals surface area contributed by atoms with Crippen LogP contribution in [0.25, 0.3) is 5.70 Å². The molecule has 0 N–H and O–H groups in total. The van der Waals surface area contributed by atoms with Crippen molar-refractivity contribution in [3.63, 3.8) is 0 Å². The van der Waals surface area contributed by atoms with Gasteiger partial charge >= 0.3 is 6.03 Å². The van der Waals surface area contributed by atoms with E-state index in [0.717, 1.165) is 18.4 Å². The van der Waals surface area contributed by atoms with E-state index in [2.05, 4.69) is 11.7 Å². The van der Waals surface area contributed by atoms with Gasteiger partial charge in [-0.05, 0) is 50.2 Å². The highest BCUT2D eigenvalue weighted by molar-refractivity contribution is 5.78. The van der Waals surface area contributed by atoms with Gasteiger partial charge in [0.1, 0.15) is 5.82 Å². The van der Waals surface area contributed by atoms with Crippen LogP contribution >= 0.6 is 0 Å². The molecule has 23 heavy (non-hydrogen) atoms. The number of nitrogens with zero attached hydrogens (tertiary/aromatic N) is 3. The molecule has 0 atom stereocenters. The van der Waals surface area contributed by atoms with E-state index in [1.165, 1.54) is 23.8 Å². The summed E-state index contributed by atoms with van der Waals surface area (Å²) in [4.78, 5) is 19.8. The Morgan fingerprint density at radius 2 is 2.00 bits per heavy atom. The fourth-order valence-electron chi connectivity index (χ4n) is 2.95. The summed E-state index contributed by atoms with van der Waals surface area (Å²) < 4.78 is 13.4. The zero-order valence-corrected chi connectivity index (χ0v) is 14.1. The van der Waals surface area contributed by atoms with Gasteiger partial charge in [-0.25, -0.2) is 9.18 Å². The number of carbonyl (C=O) groups excluding carboxylic acids is 1. The van der Waals surface area contributed by atoms with Crippen LogP contribution < -0.4 is 0 Å². The van der Waals surface area contributed by atoms with E-state index in [-0.39, 0.29) is 11.8 Å². The van der Waals surface area contributed by atoms with Gasteiger partial charge in [0, 0.05) is 31.9 Å². The van der Waals surface area contributed by atoms with Crippen molar-refractivity contribution < 1.29 is 9.18 Å². The number of halogens is 1. The molecule has 1 aromatic rings. The number of benzene rings is 1. The molecule has 1 aliphatic rings. The standard InChI is InChI=1S/C18H24FN3O/c1-13-11-14(9-10-16(13)19)17(20-2)12-21(3)18(23)22(4)15-7-5-6-8-15/h9-12,15H,2,5-8H2,1,3-4H3. The molecule has 4 nitrogen and oxygen atoms in total. The zero-order valence-electron chi connectivity index (χ0n) is 14.1. The number of carbonyl (C=O) groups is 1. The van der Waals surface area contributed by atoms with Crippen LogP contribution in [0.5, 0.6) is 0 Å². The number of urea groups is 1. The maximum absolute atomic E-state index is 13.4. The van der Waals surface area contributed by atoms with Gasteiger partial charge in [0.15, 0.2) is 0 Å². The minimum absolute atomic E-state index is 0.0723. The number of aryl methyl sites for hydroxylation is 1. The summed E-state index contributed by atoms with van der Waals surface area (Å²) in [6, 6.07) is 4.98. The molecule has 0 aliphatic heterocycles. The van der Waals surface area contributed by atoms with E-state index in [4.69, 9.17) is 0 Å². The lowest BCUT2D eigenvalue weighted by Crippen LogP contribution is -2.41. The number of amides is 2. The van der Waals surface area contributed by atoms with Crippen LogP contribution in [0.2, 0.25) is 0 Å². The average Bonchev–Trinajstić information content (AvgIpc) is 3.08. The first-order chi connectivity index (χ1) is 10.9. The van der Waals surface area contributed by atoms with Crippen LogP contribution in [-0.4, -0.2) is 42.7 Å². The normalized spacial score (nSPS) is 15.6. The first-order valence-electron chi connectivity index (χ1n) is 7.88. The quantitative estimate of drug-likeness (QED) is 0.771. The van der Waals surface area contributed by atoms with E-state index in [0.29, 0.717) is 17.3 Å². The second kappa shape index (κ2) is 7.40. The first kappa shape index (κ1) is 17.2. The van der Waals surface area contributed by atoms with Gasteiger partial charge in [-0.15, -0.1) is 0 Å². The van der Waals surface area contributed by atoms with E-state index >= 15 is 0 Å². The number of hydrogen-bond acceptors (Lipinski definition) is 2. The number of rotatable bonds is 4. The van der Waals surface area contributed by atoms with Gasteiger partial charge in [-0.2, -0.15) is 0 Å². The summed E-state index contributed by atoms with van der Waals surface area (Å²) >= 11 is 0. The van der Waals surface area contributed by atoms with E-state index < -0.39 is 0 Å². The molecule has 0 heterocycles. The predicted octanol–water partition coefficient (Wildman–Crippen LogP) is 4.06. The number of hydrogen-bond donors (Lipinski definition) is 0. The number of aliphatic imine (C=N–C) groups is 1. The maximum atomic E-state index is 13.4. The van der Waals surface area contributed by atoms with Gasteiger partial charge in [-0.3, -0.25) is 4.99 Å². The van der Waals surface area contributed by atoms with Crippen LogP contribution in [0.1, 0.15) is 36.8 Å². The zero-order chi connectivity index (χ0) is 17.0. The third-order valence-corrected chi connectivity index (χ3v) is 4.42. The molecule has 1 aromatic carbocycles.